The van der Waals surface area contributed by atoms with E-state index < -0.39 is 12.0 Å². The van der Waals surface area contributed by atoms with Crippen molar-refractivity contribution in [2.24, 2.45) is 11.8 Å². The highest BCUT2D eigenvalue weighted by atomic mass is 19.1. The number of halogens is 1. The van der Waals surface area contributed by atoms with E-state index in [1.807, 2.05) is 11.0 Å². The zero-order valence-corrected chi connectivity index (χ0v) is 24.5. The van der Waals surface area contributed by atoms with Gasteiger partial charge in [0.15, 0.2) is 0 Å². The summed E-state index contributed by atoms with van der Waals surface area (Å²) in [5.74, 6) is 1.51. The van der Waals surface area contributed by atoms with Crippen LogP contribution in [0.5, 0.6) is 0 Å². The Hall–Kier alpha value is -2.51. The smallest absolute Gasteiger partial charge is 0.325 e. The SMILES string of the molecule is CC1CCc2ccc(CCCCO[C@@H]3CCN(C(C(=O)O)c4cc(F)ccc4[C@@H]4CCCCC5CCC54)C3)nc2N1. The molecule has 2 aliphatic heterocycles. The van der Waals surface area contributed by atoms with Gasteiger partial charge in [-0.15, -0.1) is 0 Å². The molecule has 2 saturated carbocycles. The lowest BCUT2D eigenvalue weighted by Gasteiger charge is -2.42. The molecule has 0 spiro atoms. The predicted molar refractivity (Wildman–Crippen MR) is 159 cm³/mol. The molecule has 6 rings (SSSR count). The third kappa shape index (κ3) is 6.46. The van der Waals surface area contributed by atoms with Gasteiger partial charge < -0.3 is 15.2 Å². The lowest BCUT2D eigenvalue weighted by Crippen LogP contribution is -2.36. The summed E-state index contributed by atoms with van der Waals surface area (Å²) in [5, 5.41) is 13.9. The second-order valence-corrected chi connectivity index (χ2v) is 13.0. The van der Waals surface area contributed by atoms with Crippen molar-refractivity contribution < 1.29 is 19.0 Å². The summed E-state index contributed by atoms with van der Waals surface area (Å²) in [6, 6.07) is 8.94. The van der Waals surface area contributed by atoms with E-state index in [0.717, 1.165) is 67.9 Å². The maximum Gasteiger partial charge on any atom is 0.325 e. The molecule has 0 radical (unpaired) electrons. The minimum atomic E-state index is -0.891. The fourth-order valence-corrected chi connectivity index (χ4v) is 7.91. The molecule has 4 unspecified atom stereocenters. The summed E-state index contributed by atoms with van der Waals surface area (Å²) in [5.41, 5.74) is 4.17. The van der Waals surface area contributed by atoms with Gasteiger partial charge in [-0.2, -0.15) is 0 Å². The van der Waals surface area contributed by atoms with Crippen molar-refractivity contribution in [1.29, 1.82) is 0 Å². The highest BCUT2D eigenvalue weighted by molar-refractivity contribution is 5.76. The number of benzene rings is 1. The second-order valence-electron chi connectivity index (χ2n) is 13.0. The van der Waals surface area contributed by atoms with Gasteiger partial charge in [-0.05, 0) is 117 Å². The molecule has 6 atom stereocenters. The van der Waals surface area contributed by atoms with Crippen LogP contribution in [-0.4, -0.2) is 52.8 Å². The summed E-state index contributed by atoms with van der Waals surface area (Å²) < 4.78 is 20.8. The van der Waals surface area contributed by atoms with E-state index in [-0.39, 0.29) is 11.9 Å². The molecule has 0 amide bonds. The summed E-state index contributed by atoms with van der Waals surface area (Å²) >= 11 is 0. The number of pyridine rings is 1. The van der Waals surface area contributed by atoms with Gasteiger partial charge in [0.05, 0.1) is 6.10 Å². The van der Waals surface area contributed by atoms with Crippen LogP contribution in [0.2, 0.25) is 0 Å². The third-order valence-electron chi connectivity index (χ3n) is 10.3. The minimum Gasteiger partial charge on any atom is -0.480 e. The lowest BCUT2D eigenvalue weighted by atomic mass is 9.64. The van der Waals surface area contributed by atoms with Crippen LogP contribution in [0, 0.1) is 17.7 Å². The first-order chi connectivity index (χ1) is 20.0. The molecule has 2 N–H and O–H groups in total. The van der Waals surface area contributed by atoms with Crippen LogP contribution in [0.4, 0.5) is 10.2 Å². The normalized spacial score (nSPS) is 28.6. The van der Waals surface area contributed by atoms with Gasteiger partial charge >= 0.3 is 5.97 Å². The first-order valence-corrected chi connectivity index (χ1v) is 16.1. The number of carbonyl (C=O) groups is 1. The van der Waals surface area contributed by atoms with E-state index in [1.165, 1.54) is 49.8 Å². The van der Waals surface area contributed by atoms with E-state index in [2.05, 4.69) is 24.4 Å². The number of aliphatic carboxylic acids is 1. The Morgan fingerprint density at radius 3 is 2.83 bits per heavy atom. The van der Waals surface area contributed by atoms with Gasteiger partial charge in [-0.3, -0.25) is 9.69 Å². The maximum absolute atomic E-state index is 14.6. The van der Waals surface area contributed by atoms with Gasteiger partial charge in [0.2, 0.25) is 0 Å². The van der Waals surface area contributed by atoms with Crippen molar-refractivity contribution in [2.45, 2.75) is 108 Å². The molecule has 1 aromatic carbocycles. The number of aryl methyl sites for hydroxylation is 2. The van der Waals surface area contributed by atoms with E-state index in [1.54, 1.807) is 0 Å². The largest absolute Gasteiger partial charge is 0.480 e. The molecule has 222 valence electrons. The van der Waals surface area contributed by atoms with Crippen molar-refractivity contribution in [3.05, 3.63) is 58.5 Å². The fourth-order valence-electron chi connectivity index (χ4n) is 7.91. The number of likely N-dealkylation sites (tertiary alicyclic amines) is 1. The molecule has 2 aromatic rings. The maximum atomic E-state index is 14.6. The van der Waals surface area contributed by atoms with Crippen LogP contribution in [-0.2, 0) is 22.4 Å². The number of anilines is 1. The molecule has 1 aromatic heterocycles. The van der Waals surface area contributed by atoms with E-state index in [0.29, 0.717) is 43.1 Å². The molecule has 1 saturated heterocycles. The van der Waals surface area contributed by atoms with Gasteiger partial charge in [0.25, 0.3) is 0 Å². The predicted octanol–water partition coefficient (Wildman–Crippen LogP) is 6.89. The van der Waals surface area contributed by atoms with Crippen molar-refractivity contribution in [2.75, 3.05) is 25.0 Å². The molecular formula is C34H46FN3O3. The molecule has 7 heteroatoms. The number of rotatable bonds is 10. The van der Waals surface area contributed by atoms with Crippen molar-refractivity contribution in [3.8, 4) is 0 Å². The van der Waals surface area contributed by atoms with Crippen LogP contribution in [0.1, 0.15) is 105 Å². The van der Waals surface area contributed by atoms with Crippen LogP contribution in [0.15, 0.2) is 30.3 Å². The molecule has 41 heavy (non-hydrogen) atoms. The van der Waals surface area contributed by atoms with Gasteiger partial charge in [0.1, 0.15) is 17.7 Å². The third-order valence-corrected chi connectivity index (χ3v) is 10.3. The number of ether oxygens (including phenoxy) is 1. The zero-order valence-electron chi connectivity index (χ0n) is 24.5. The quantitative estimate of drug-likeness (QED) is 0.307. The number of carboxylic acid groups (broad SMARTS) is 1. The molecule has 3 heterocycles. The number of aromatic nitrogens is 1. The molecular weight excluding hydrogens is 517 g/mol. The Morgan fingerprint density at radius 2 is 2.00 bits per heavy atom. The van der Waals surface area contributed by atoms with E-state index in [9.17, 15) is 14.3 Å². The Labute approximate surface area is 244 Å². The molecule has 2 aliphatic carbocycles. The Bertz CT molecular complexity index is 1220. The molecule has 3 fully saturated rings. The molecule has 4 aliphatic rings. The van der Waals surface area contributed by atoms with Crippen molar-refractivity contribution in [1.82, 2.24) is 9.88 Å². The van der Waals surface area contributed by atoms with Gasteiger partial charge in [0, 0.05) is 31.4 Å². The highest BCUT2D eigenvalue weighted by Crippen LogP contribution is 2.52. The average molecular weight is 564 g/mol. The number of nitrogens with zero attached hydrogens (tertiary/aromatic N) is 2. The number of fused-ring (bicyclic) bond motifs is 2. The van der Waals surface area contributed by atoms with Gasteiger partial charge in [-0.25, -0.2) is 9.37 Å². The lowest BCUT2D eigenvalue weighted by molar-refractivity contribution is -0.143. The van der Waals surface area contributed by atoms with Crippen molar-refractivity contribution in [3.63, 3.8) is 0 Å². The molecule has 6 nitrogen and oxygen atoms in total. The highest BCUT2D eigenvalue weighted by Gasteiger charge is 2.42. The van der Waals surface area contributed by atoms with Crippen molar-refractivity contribution >= 4 is 11.8 Å². The Kier molecular flexibility index (Phi) is 8.92. The topological polar surface area (TPSA) is 74.7 Å². The number of nitrogens with one attached hydrogen (secondary N) is 1. The summed E-state index contributed by atoms with van der Waals surface area (Å²) in [7, 11) is 0. The Morgan fingerprint density at radius 1 is 1.12 bits per heavy atom. The number of carboxylic acids is 1. The van der Waals surface area contributed by atoms with Crippen LogP contribution in [0.25, 0.3) is 0 Å². The molecule has 0 bridgehead atoms. The van der Waals surface area contributed by atoms with Crippen LogP contribution in [0.3, 0.4) is 0 Å². The standard InChI is InChI=1S/C34H46FN3O3/c1-22-9-10-24-11-14-26(37-33(24)36-22)7-4-5-19-41-27-17-18-38(21-27)32(34(39)40)31-20-25(35)13-16-30(31)29-8-3-2-6-23-12-15-28(23)29/h11,13-14,16,20,22-23,27-29,32H,2-10,12,15,17-19,21H2,1H3,(H,36,37)(H,39,40)/t22?,23?,27-,28?,29-,32?/m1/s1. The summed E-state index contributed by atoms with van der Waals surface area (Å²) in [4.78, 5) is 19.5. The second kappa shape index (κ2) is 12.8. The zero-order chi connectivity index (χ0) is 28.3. The van der Waals surface area contributed by atoms with Crippen LogP contribution < -0.4 is 5.32 Å². The van der Waals surface area contributed by atoms with Gasteiger partial charge in [-0.1, -0.05) is 31.4 Å². The van der Waals surface area contributed by atoms with E-state index in [4.69, 9.17) is 9.72 Å². The minimum absolute atomic E-state index is 0.00955. The Balaban J connectivity index is 1.04. The first kappa shape index (κ1) is 28.6. The number of hydrogen-bond acceptors (Lipinski definition) is 5. The first-order valence-electron chi connectivity index (χ1n) is 16.1. The van der Waals surface area contributed by atoms with Crippen LogP contribution >= 0.6 is 0 Å². The number of unbranched alkanes of at least 4 members (excludes halogenated alkanes) is 1. The average Bonchev–Trinajstić information content (AvgIpc) is 3.33. The number of hydrogen-bond donors (Lipinski definition) is 2. The van der Waals surface area contributed by atoms with E-state index >= 15 is 0 Å². The summed E-state index contributed by atoms with van der Waals surface area (Å²) in [6.45, 7) is 4.08. The summed E-state index contributed by atoms with van der Waals surface area (Å²) in [6.07, 6.45) is 13.2. The fraction of sp³-hybridized carbons (Fsp3) is 0.647. The monoisotopic (exact) mass is 563 g/mol.